The van der Waals surface area contributed by atoms with Crippen LogP contribution in [0, 0.1) is 12.7 Å². The third kappa shape index (κ3) is 2.65. The molecule has 3 rings (SSSR count). The standard InChI is InChI=1S/C15H15FN4O/c1-3-17-13-9-20-7-6-18-14(20)15(19-13)21-12-8-10(2)4-5-11(12)16/h4-9,17H,3H2,1-2H3. The smallest absolute Gasteiger partial charge is 0.265 e. The molecule has 108 valence electrons. The van der Waals surface area contributed by atoms with Gasteiger partial charge in [-0.3, -0.25) is 4.40 Å². The van der Waals surface area contributed by atoms with Crippen molar-refractivity contribution in [2.24, 2.45) is 0 Å². The van der Waals surface area contributed by atoms with Gasteiger partial charge in [0.15, 0.2) is 11.6 Å². The summed E-state index contributed by atoms with van der Waals surface area (Å²) in [7, 11) is 0. The lowest BCUT2D eigenvalue weighted by molar-refractivity contribution is 0.429. The number of ether oxygens (including phenoxy) is 1. The summed E-state index contributed by atoms with van der Waals surface area (Å²) in [5.41, 5.74) is 1.45. The fraction of sp³-hybridized carbons (Fsp3) is 0.200. The molecule has 0 fully saturated rings. The van der Waals surface area contributed by atoms with Gasteiger partial charge in [0, 0.05) is 18.9 Å². The molecule has 2 aromatic heterocycles. The summed E-state index contributed by atoms with van der Waals surface area (Å²) in [5.74, 6) is 0.621. The summed E-state index contributed by atoms with van der Waals surface area (Å²) >= 11 is 0. The van der Waals surface area contributed by atoms with E-state index < -0.39 is 5.82 Å². The zero-order valence-corrected chi connectivity index (χ0v) is 11.8. The Balaban J connectivity index is 2.06. The molecule has 0 aliphatic heterocycles. The van der Waals surface area contributed by atoms with Gasteiger partial charge in [-0.05, 0) is 31.5 Å². The Kier molecular flexibility index (Phi) is 3.43. The molecule has 0 radical (unpaired) electrons. The van der Waals surface area contributed by atoms with Gasteiger partial charge in [0.25, 0.3) is 5.88 Å². The van der Waals surface area contributed by atoms with Crippen LogP contribution in [0.25, 0.3) is 5.65 Å². The molecular weight excluding hydrogens is 271 g/mol. The lowest BCUT2D eigenvalue weighted by Gasteiger charge is -2.10. The van der Waals surface area contributed by atoms with Crippen molar-refractivity contribution in [2.45, 2.75) is 13.8 Å². The summed E-state index contributed by atoms with van der Waals surface area (Å²) in [6, 6.07) is 4.70. The minimum atomic E-state index is -0.430. The molecule has 6 heteroatoms. The Labute approximate surface area is 121 Å². The van der Waals surface area contributed by atoms with Crippen molar-refractivity contribution in [1.29, 1.82) is 0 Å². The van der Waals surface area contributed by atoms with E-state index in [9.17, 15) is 4.39 Å². The van der Waals surface area contributed by atoms with Crippen LogP contribution in [-0.2, 0) is 0 Å². The Morgan fingerprint density at radius 3 is 3.05 bits per heavy atom. The average molecular weight is 286 g/mol. The van der Waals surface area contributed by atoms with Crippen molar-refractivity contribution in [3.8, 4) is 11.6 Å². The monoisotopic (exact) mass is 286 g/mol. The second-order valence-electron chi connectivity index (χ2n) is 4.66. The first kappa shape index (κ1) is 13.4. The highest BCUT2D eigenvalue weighted by molar-refractivity contribution is 5.55. The van der Waals surface area contributed by atoms with Gasteiger partial charge in [-0.25, -0.2) is 9.37 Å². The number of fused-ring (bicyclic) bond motifs is 1. The maximum absolute atomic E-state index is 13.8. The number of rotatable bonds is 4. The largest absolute Gasteiger partial charge is 0.433 e. The van der Waals surface area contributed by atoms with Gasteiger partial charge in [-0.15, -0.1) is 0 Å². The molecule has 21 heavy (non-hydrogen) atoms. The zero-order valence-electron chi connectivity index (χ0n) is 11.8. The van der Waals surface area contributed by atoms with Crippen molar-refractivity contribution in [3.05, 3.63) is 48.2 Å². The third-order valence-corrected chi connectivity index (χ3v) is 2.99. The first-order chi connectivity index (χ1) is 10.2. The molecule has 2 heterocycles. The maximum atomic E-state index is 13.8. The normalized spacial score (nSPS) is 10.8. The molecule has 0 amide bonds. The molecule has 0 aliphatic carbocycles. The number of benzene rings is 1. The third-order valence-electron chi connectivity index (χ3n) is 2.99. The quantitative estimate of drug-likeness (QED) is 0.798. The van der Waals surface area contributed by atoms with Crippen molar-refractivity contribution in [1.82, 2.24) is 14.4 Å². The molecule has 3 aromatic rings. The van der Waals surface area contributed by atoms with Crippen LogP contribution in [0.3, 0.4) is 0 Å². The first-order valence-corrected chi connectivity index (χ1v) is 6.69. The molecule has 0 aliphatic rings. The van der Waals surface area contributed by atoms with Gasteiger partial charge in [-0.1, -0.05) is 6.07 Å². The van der Waals surface area contributed by atoms with Gasteiger partial charge >= 0.3 is 0 Å². The second kappa shape index (κ2) is 5.40. The number of halogens is 1. The van der Waals surface area contributed by atoms with Gasteiger partial charge < -0.3 is 10.1 Å². The van der Waals surface area contributed by atoms with Crippen molar-refractivity contribution < 1.29 is 9.13 Å². The zero-order chi connectivity index (χ0) is 14.8. The van der Waals surface area contributed by atoms with Gasteiger partial charge in [0.1, 0.15) is 5.82 Å². The predicted molar refractivity (Wildman–Crippen MR) is 78.4 cm³/mol. The maximum Gasteiger partial charge on any atom is 0.265 e. The lowest BCUT2D eigenvalue weighted by atomic mass is 10.2. The van der Waals surface area contributed by atoms with E-state index in [2.05, 4.69) is 15.3 Å². The molecular formula is C15H15FN4O. The fourth-order valence-corrected chi connectivity index (χ4v) is 2.03. The van der Waals surface area contributed by atoms with E-state index >= 15 is 0 Å². The molecule has 0 bridgehead atoms. The summed E-state index contributed by atoms with van der Waals surface area (Å²) in [6.45, 7) is 4.58. The van der Waals surface area contributed by atoms with Crippen molar-refractivity contribution in [3.63, 3.8) is 0 Å². The summed E-state index contributed by atoms with van der Waals surface area (Å²) < 4.78 is 21.3. The Hall–Kier alpha value is -2.63. The van der Waals surface area contributed by atoms with Crippen LogP contribution < -0.4 is 10.1 Å². The molecule has 1 aromatic carbocycles. The number of hydrogen-bond acceptors (Lipinski definition) is 4. The predicted octanol–water partition coefficient (Wildman–Crippen LogP) is 3.40. The first-order valence-electron chi connectivity index (χ1n) is 6.69. The number of aromatic nitrogens is 3. The van der Waals surface area contributed by atoms with Crippen molar-refractivity contribution >= 4 is 11.5 Å². The van der Waals surface area contributed by atoms with Crippen LogP contribution >= 0.6 is 0 Å². The number of anilines is 1. The van der Waals surface area contributed by atoms with Crippen LogP contribution in [0.15, 0.2) is 36.8 Å². The molecule has 0 spiro atoms. The van der Waals surface area contributed by atoms with E-state index in [1.54, 1.807) is 28.9 Å². The molecule has 0 saturated heterocycles. The molecule has 5 nitrogen and oxygen atoms in total. The van der Waals surface area contributed by atoms with Crippen LogP contribution in [0.1, 0.15) is 12.5 Å². The van der Waals surface area contributed by atoms with E-state index in [0.717, 1.165) is 12.1 Å². The molecule has 1 N–H and O–H groups in total. The Morgan fingerprint density at radius 1 is 1.38 bits per heavy atom. The number of imidazole rings is 1. The Bertz CT molecular complexity index is 784. The number of hydrogen-bond donors (Lipinski definition) is 1. The second-order valence-corrected chi connectivity index (χ2v) is 4.66. The minimum Gasteiger partial charge on any atom is -0.433 e. The van der Waals surface area contributed by atoms with Crippen LogP contribution in [-0.4, -0.2) is 20.9 Å². The summed E-state index contributed by atoms with van der Waals surface area (Å²) in [5, 5.41) is 3.11. The van der Waals surface area contributed by atoms with E-state index in [0.29, 0.717) is 11.5 Å². The van der Waals surface area contributed by atoms with Crippen LogP contribution in [0.4, 0.5) is 10.2 Å². The summed E-state index contributed by atoms with van der Waals surface area (Å²) in [6.07, 6.45) is 5.24. The van der Waals surface area contributed by atoms with Gasteiger partial charge in [-0.2, -0.15) is 4.98 Å². The van der Waals surface area contributed by atoms with Crippen LogP contribution in [0.5, 0.6) is 11.6 Å². The fourth-order valence-electron chi connectivity index (χ4n) is 2.03. The number of aryl methyl sites for hydroxylation is 1. The SMILES string of the molecule is CCNc1cn2ccnc2c(Oc2cc(C)ccc2F)n1. The molecule has 0 atom stereocenters. The summed E-state index contributed by atoms with van der Waals surface area (Å²) in [4.78, 5) is 8.54. The lowest BCUT2D eigenvalue weighted by Crippen LogP contribution is -2.03. The minimum absolute atomic E-state index is 0.140. The van der Waals surface area contributed by atoms with Crippen molar-refractivity contribution in [2.75, 3.05) is 11.9 Å². The highest BCUT2D eigenvalue weighted by Crippen LogP contribution is 2.27. The Morgan fingerprint density at radius 2 is 2.24 bits per heavy atom. The molecule has 0 unspecified atom stereocenters. The van der Waals surface area contributed by atoms with Gasteiger partial charge in [0.05, 0.1) is 6.20 Å². The van der Waals surface area contributed by atoms with Crippen LogP contribution in [0.2, 0.25) is 0 Å². The van der Waals surface area contributed by atoms with Gasteiger partial charge in [0.2, 0.25) is 5.65 Å². The highest BCUT2D eigenvalue weighted by atomic mass is 19.1. The highest BCUT2D eigenvalue weighted by Gasteiger charge is 2.12. The number of nitrogens with zero attached hydrogens (tertiary/aromatic N) is 3. The topological polar surface area (TPSA) is 51.5 Å². The van der Waals surface area contributed by atoms with E-state index in [4.69, 9.17) is 4.74 Å². The van der Waals surface area contributed by atoms with E-state index in [1.807, 2.05) is 20.0 Å². The van der Waals surface area contributed by atoms with E-state index in [-0.39, 0.29) is 11.6 Å². The average Bonchev–Trinajstić information content (AvgIpc) is 2.92. The van der Waals surface area contributed by atoms with E-state index in [1.165, 1.54) is 6.07 Å². The molecule has 0 saturated carbocycles. The number of nitrogens with one attached hydrogen (secondary N) is 1.